The SMILES string of the molecule is Cc1cc(F)ccc1Nc1ncc(Oc2cccc(N)c2)n2cncc12. The third kappa shape index (κ3) is 3.02. The molecule has 0 spiro atoms. The summed E-state index contributed by atoms with van der Waals surface area (Å²) in [6.07, 6.45) is 4.92. The molecule has 4 aromatic rings. The van der Waals surface area contributed by atoms with Crippen LogP contribution in [0.1, 0.15) is 5.56 Å². The van der Waals surface area contributed by atoms with Gasteiger partial charge in [-0.15, -0.1) is 0 Å². The number of rotatable bonds is 4. The van der Waals surface area contributed by atoms with Gasteiger partial charge in [-0.25, -0.2) is 14.4 Å². The van der Waals surface area contributed by atoms with E-state index in [0.717, 1.165) is 16.8 Å². The van der Waals surface area contributed by atoms with E-state index in [-0.39, 0.29) is 5.82 Å². The van der Waals surface area contributed by atoms with Crippen LogP contribution in [0.15, 0.2) is 61.2 Å². The summed E-state index contributed by atoms with van der Waals surface area (Å²) in [6, 6.07) is 11.7. The molecule has 6 nitrogen and oxygen atoms in total. The van der Waals surface area contributed by atoms with E-state index in [4.69, 9.17) is 10.5 Å². The molecule has 0 saturated heterocycles. The largest absolute Gasteiger partial charge is 0.439 e. The van der Waals surface area contributed by atoms with E-state index in [0.29, 0.717) is 23.1 Å². The van der Waals surface area contributed by atoms with Gasteiger partial charge in [-0.2, -0.15) is 0 Å². The first-order valence-corrected chi connectivity index (χ1v) is 7.98. The minimum Gasteiger partial charge on any atom is -0.439 e. The number of imidazole rings is 1. The number of aryl methyl sites for hydroxylation is 1. The summed E-state index contributed by atoms with van der Waals surface area (Å²) in [6.45, 7) is 1.83. The van der Waals surface area contributed by atoms with Crippen LogP contribution in [0.3, 0.4) is 0 Å². The average Bonchev–Trinajstić information content (AvgIpc) is 3.10. The van der Waals surface area contributed by atoms with Gasteiger partial charge in [-0.1, -0.05) is 6.07 Å². The predicted molar refractivity (Wildman–Crippen MR) is 98.3 cm³/mol. The van der Waals surface area contributed by atoms with Crippen LogP contribution in [-0.2, 0) is 0 Å². The maximum atomic E-state index is 13.3. The molecular formula is C19H16FN5O. The summed E-state index contributed by atoms with van der Waals surface area (Å²) >= 11 is 0. The molecular weight excluding hydrogens is 333 g/mol. The Kier molecular flexibility index (Phi) is 3.89. The van der Waals surface area contributed by atoms with Crippen molar-refractivity contribution < 1.29 is 9.13 Å². The summed E-state index contributed by atoms with van der Waals surface area (Å²) < 4.78 is 20.9. The Morgan fingerprint density at radius 1 is 1.15 bits per heavy atom. The van der Waals surface area contributed by atoms with E-state index in [1.165, 1.54) is 12.1 Å². The van der Waals surface area contributed by atoms with Gasteiger partial charge in [0.1, 0.15) is 23.4 Å². The maximum Gasteiger partial charge on any atom is 0.224 e. The topological polar surface area (TPSA) is 77.5 Å². The van der Waals surface area contributed by atoms with Crippen LogP contribution >= 0.6 is 0 Å². The summed E-state index contributed by atoms with van der Waals surface area (Å²) in [5, 5.41) is 3.21. The smallest absolute Gasteiger partial charge is 0.224 e. The number of halogens is 1. The van der Waals surface area contributed by atoms with Gasteiger partial charge in [0, 0.05) is 17.4 Å². The molecule has 7 heteroatoms. The normalized spacial score (nSPS) is 10.8. The third-order valence-corrected chi connectivity index (χ3v) is 3.94. The Hall–Kier alpha value is -3.61. The van der Waals surface area contributed by atoms with E-state index in [9.17, 15) is 4.39 Å². The van der Waals surface area contributed by atoms with E-state index in [1.54, 1.807) is 41.3 Å². The fourth-order valence-corrected chi connectivity index (χ4v) is 2.66. The van der Waals surface area contributed by atoms with Crippen molar-refractivity contribution in [1.82, 2.24) is 14.4 Å². The minimum atomic E-state index is -0.276. The fraction of sp³-hybridized carbons (Fsp3) is 0.0526. The van der Waals surface area contributed by atoms with Crippen molar-refractivity contribution in [2.24, 2.45) is 0 Å². The number of ether oxygens (including phenoxy) is 1. The van der Waals surface area contributed by atoms with E-state index in [2.05, 4.69) is 15.3 Å². The van der Waals surface area contributed by atoms with Crippen molar-refractivity contribution in [2.45, 2.75) is 6.92 Å². The van der Waals surface area contributed by atoms with Crippen molar-refractivity contribution in [3.05, 3.63) is 72.6 Å². The lowest BCUT2D eigenvalue weighted by Gasteiger charge is -2.13. The number of nitrogens with one attached hydrogen (secondary N) is 1. The lowest BCUT2D eigenvalue weighted by Crippen LogP contribution is -2.01. The van der Waals surface area contributed by atoms with Crippen LogP contribution in [0.5, 0.6) is 11.6 Å². The molecule has 0 radical (unpaired) electrons. The lowest BCUT2D eigenvalue weighted by molar-refractivity contribution is 0.454. The fourth-order valence-electron chi connectivity index (χ4n) is 2.66. The Morgan fingerprint density at radius 2 is 2.04 bits per heavy atom. The van der Waals surface area contributed by atoms with Crippen molar-refractivity contribution in [1.29, 1.82) is 0 Å². The highest BCUT2D eigenvalue weighted by Crippen LogP contribution is 2.28. The lowest BCUT2D eigenvalue weighted by atomic mass is 10.2. The number of benzene rings is 2. The van der Waals surface area contributed by atoms with Crippen LogP contribution < -0.4 is 15.8 Å². The molecule has 130 valence electrons. The number of nitrogen functional groups attached to an aromatic ring is 1. The van der Waals surface area contributed by atoms with Crippen molar-refractivity contribution >= 4 is 22.7 Å². The summed E-state index contributed by atoms with van der Waals surface area (Å²) in [5.41, 5.74) is 8.69. The molecule has 2 aromatic heterocycles. The maximum absolute atomic E-state index is 13.3. The molecule has 0 aliphatic heterocycles. The molecule has 0 aliphatic carbocycles. The summed E-state index contributed by atoms with van der Waals surface area (Å²) in [7, 11) is 0. The van der Waals surface area contributed by atoms with Crippen molar-refractivity contribution in [2.75, 3.05) is 11.1 Å². The molecule has 2 aromatic carbocycles. The summed E-state index contributed by atoms with van der Waals surface area (Å²) in [5.74, 6) is 1.43. The van der Waals surface area contributed by atoms with Gasteiger partial charge in [-0.05, 0) is 42.8 Å². The van der Waals surface area contributed by atoms with Gasteiger partial charge in [-0.3, -0.25) is 4.40 Å². The van der Waals surface area contributed by atoms with Crippen LogP contribution in [-0.4, -0.2) is 14.4 Å². The number of nitrogens with two attached hydrogens (primary N) is 1. The number of hydrogen-bond donors (Lipinski definition) is 2. The van der Waals surface area contributed by atoms with Crippen LogP contribution in [0.2, 0.25) is 0 Å². The third-order valence-electron chi connectivity index (χ3n) is 3.94. The number of aromatic nitrogens is 3. The van der Waals surface area contributed by atoms with Gasteiger partial charge in [0.15, 0.2) is 5.82 Å². The molecule has 2 heterocycles. The number of hydrogen-bond acceptors (Lipinski definition) is 5. The molecule has 0 saturated carbocycles. The highest BCUT2D eigenvalue weighted by molar-refractivity contribution is 5.74. The van der Waals surface area contributed by atoms with Gasteiger partial charge in [0.2, 0.25) is 5.88 Å². The molecule has 0 amide bonds. The highest BCUT2D eigenvalue weighted by atomic mass is 19.1. The number of anilines is 3. The minimum absolute atomic E-state index is 0.276. The zero-order valence-corrected chi connectivity index (χ0v) is 14.0. The molecule has 4 rings (SSSR count). The second-order valence-corrected chi connectivity index (χ2v) is 5.85. The Bertz CT molecular complexity index is 1090. The summed E-state index contributed by atoms with van der Waals surface area (Å²) in [4.78, 5) is 8.61. The zero-order valence-electron chi connectivity index (χ0n) is 14.0. The molecule has 0 aliphatic rings. The van der Waals surface area contributed by atoms with Crippen LogP contribution in [0, 0.1) is 12.7 Å². The molecule has 0 bridgehead atoms. The van der Waals surface area contributed by atoms with Crippen molar-refractivity contribution in [3.8, 4) is 11.6 Å². The standard InChI is InChI=1S/C19H16FN5O/c1-12-7-13(20)5-6-16(12)24-19-17-9-22-11-25(17)18(10-23-19)26-15-4-2-3-14(21)8-15/h2-11H,21H2,1H3,(H,23,24). The number of fused-ring (bicyclic) bond motifs is 1. The molecule has 3 N–H and O–H groups in total. The quantitative estimate of drug-likeness (QED) is 0.537. The Balaban J connectivity index is 1.69. The average molecular weight is 349 g/mol. The number of nitrogens with zero attached hydrogens (tertiary/aromatic N) is 3. The first-order valence-electron chi connectivity index (χ1n) is 7.98. The first-order chi connectivity index (χ1) is 12.6. The van der Waals surface area contributed by atoms with E-state index >= 15 is 0 Å². The zero-order chi connectivity index (χ0) is 18.1. The van der Waals surface area contributed by atoms with E-state index < -0.39 is 0 Å². The highest BCUT2D eigenvalue weighted by Gasteiger charge is 2.11. The van der Waals surface area contributed by atoms with Crippen molar-refractivity contribution in [3.63, 3.8) is 0 Å². The Morgan fingerprint density at radius 3 is 2.85 bits per heavy atom. The van der Waals surface area contributed by atoms with Gasteiger partial charge < -0.3 is 15.8 Å². The van der Waals surface area contributed by atoms with Gasteiger partial charge >= 0.3 is 0 Å². The second kappa shape index (κ2) is 6.36. The monoisotopic (exact) mass is 349 g/mol. The van der Waals surface area contributed by atoms with Crippen LogP contribution in [0.25, 0.3) is 5.52 Å². The second-order valence-electron chi connectivity index (χ2n) is 5.85. The first kappa shape index (κ1) is 15.9. The predicted octanol–water partition coefficient (Wildman–Crippen LogP) is 4.29. The molecule has 0 atom stereocenters. The molecule has 0 fully saturated rings. The molecule has 0 unspecified atom stereocenters. The van der Waals surface area contributed by atoms with Crippen LogP contribution in [0.4, 0.5) is 21.6 Å². The Labute approximate surface area is 149 Å². The van der Waals surface area contributed by atoms with Gasteiger partial charge in [0.25, 0.3) is 0 Å². The van der Waals surface area contributed by atoms with E-state index in [1.807, 2.05) is 19.1 Å². The van der Waals surface area contributed by atoms with Gasteiger partial charge in [0.05, 0.1) is 12.4 Å². The molecule has 26 heavy (non-hydrogen) atoms.